The second kappa shape index (κ2) is 5.57. The lowest BCUT2D eigenvalue weighted by Crippen LogP contribution is -2.12. The van der Waals surface area contributed by atoms with Crippen LogP contribution in [0, 0.1) is 6.92 Å². The minimum atomic E-state index is -0.951. The smallest absolute Gasteiger partial charge is 0.309 e. The standard InChI is InChI=1S/C12H11N3O3S/c1-7-4-8(2-3-13-7)11(18)15-12-14-9(6-19-12)5-10(16)17/h2-4,6H,5H2,1H3,(H,16,17)(H,14,15,18). The number of nitrogens with zero attached hydrogens (tertiary/aromatic N) is 2. The molecule has 0 fully saturated rings. The first-order chi connectivity index (χ1) is 9.04. The predicted octanol–water partition coefficient (Wildman–Crippen LogP) is 1.73. The SMILES string of the molecule is Cc1cc(C(=O)Nc2nc(CC(=O)O)cs2)ccn1. The molecular weight excluding hydrogens is 266 g/mol. The third-order valence-electron chi connectivity index (χ3n) is 2.26. The van der Waals surface area contributed by atoms with Crippen molar-refractivity contribution in [3.05, 3.63) is 40.7 Å². The minimum Gasteiger partial charge on any atom is -0.481 e. The number of aryl methyl sites for hydroxylation is 1. The minimum absolute atomic E-state index is 0.152. The van der Waals surface area contributed by atoms with Gasteiger partial charge in [0.05, 0.1) is 12.1 Å². The number of nitrogens with one attached hydrogen (secondary N) is 1. The number of anilines is 1. The molecule has 1 amide bonds. The quantitative estimate of drug-likeness (QED) is 0.887. The second-order valence-electron chi connectivity index (χ2n) is 3.85. The molecule has 0 radical (unpaired) electrons. The molecule has 2 heterocycles. The van der Waals surface area contributed by atoms with Crippen molar-refractivity contribution in [2.24, 2.45) is 0 Å². The monoisotopic (exact) mass is 277 g/mol. The molecule has 98 valence electrons. The van der Waals surface area contributed by atoms with Crippen molar-refractivity contribution in [3.8, 4) is 0 Å². The lowest BCUT2D eigenvalue weighted by molar-refractivity contribution is -0.136. The number of thiazole rings is 1. The highest BCUT2D eigenvalue weighted by Crippen LogP contribution is 2.17. The van der Waals surface area contributed by atoms with Gasteiger partial charge in [0.25, 0.3) is 5.91 Å². The van der Waals surface area contributed by atoms with E-state index in [0.29, 0.717) is 16.4 Å². The van der Waals surface area contributed by atoms with Crippen molar-refractivity contribution in [2.75, 3.05) is 5.32 Å². The fourth-order valence-electron chi connectivity index (χ4n) is 1.46. The van der Waals surface area contributed by atoms with Crippen LogP contribution in [0.15, 0.2) is 23.7 Å². The van der Waals surface area contributed by atoms with Crippen LogP contribution >= 0.6 is 11.3 Å². The van der Waals surface area contributed by atoms with Crippen LogP contribution in [0.25, 0.3) is 0 Å². The Kier molecular flexibility index (Phi) is 3.86. The van der Waals surface area contributed by atoms with Crippen molar-refractivity contribution in [2.45, 2.75) is 13.3 Å². The number of carbonyl (C=O) groups is 2. The van der Waals surface area contributed by atoms with E-state index in [0.717, 1.165) is 5.69 Å². The topological polar surface area (TPSA) is 92.2 Å². The number of pyridine rings is 1. The molecular formula is C12H11N3O3S. The van der Waals surface area contributed by atoms with Gasteiger partial charge in [0, 0.05) is 22.8 Å². The first-order valence-corrected chi connectivity index (χ1v) is 6.33. The lowest BCUT2D eigenvalue weighted by Gasteiger charge is -2.01. The van der Waals surface area contributed by atoms with E-state index in [1.165, 1.54) is 11.3 Å². The number of rotatable bonds is 4. The Morgan fingerprint density at radius 3 is 2.95 bits per heavy atom. The Bertz CT molecular complexity index is 624. The highest BCUT2D eigenvalue weighted by Gasteiger charge is 2.10. The fraction of sp³-hybridized carbons (Fsp3) is 0.167. The average Bonchev–Trinajstić information content (AvgIpc) is 2.75. The number of carboxylic acid groups (broad SMARTS) is 1. The molecule has 19 heavy (non-hydrogen) atoms. The highest BCUT2D eigenvalue weighted by molar-refractivity contribution is 7.14. The molecule has 0 aliphatic carbocycles. The van der Waals surface area contributed by atoms with Crippen LogP contribution < -0.4 is 5.32 Å². The third kappa shape index (κ3) is 3.59. The molecule has 0 aliphatic rings. The number of hydrogen-bond acceptors (Lipinski definition) is 5. The van der Waals surface area contributed by atoms with E-state index in [2.05, 4.69) is 15.3 Å². The first-order valence-electron chi connectivity index (χ1n) is 5.45. The number of amides is 1. The maximum absolute atomic E-state index is 11.9. The van der Waals surface area contributed by atoms with Crippen LogP contribution in [0.2, 0.25) is 0 Å². The van der Waals surface area contributed by atoms with Gasteiger partial charge in [-0.05, 0) is 19.1 Å². The fourth-order valence-corrected chi connectivity index (χ4v) is 2.16. The summed E-state index contributed by atoms with van der Waals surface area (Å²) in [4.78, 5) is 30.5. The van der Waals surface area contributed by atoms with Crippen molar-refractivity contribution in [1.82, 2.24) is 9.97 Å². The largest absolute Gasteiger partial charge is 0.481 e. The predicted molar refractivity (Wildman–Crippen MR) is 70.4 cm³/mol. The van der Waals surface area contributed by atoms with Gasteiger partial charge in [-0.25, -0.2) is 4.98 Å². The molecule has 6 nitrogen and oxygen atoms in total. The molecule has 2 N–H and O–H groups in total. The van der Waals surface area contributed by atoms with E-state index < -0.39 is 5.97 Å². The van der Waals surface area contributed by atoms with Gasteiger partial charge in [0.1, 0.15) is 0 Å². The van der Waals surface area contributed by atoms with Gasteiger partial charge in [-0.15, -0.1) is 11.3 Å². The molecule has 0 bridgehead atoms. The summed E-state index contributed by atoms with van der Waals surface area (Å²) >= 11 is 1.20. The van der Waals surface area contributed by atoms with Crippen LogP contribution in [0.1, 0.15) is 21.7 Å². The Labute approximate surface area is 113 Å². The molecule has 0 saturated carbocycles. The summed E-state index contributed by atoms with van der Waals surface area (Å²) in [7, 11) is 0. The average molecular weight is 277 g/mol. The first kappa shape index (κ1) is 13.2. The van der Waals surface area contributed by atoms with Gasteiger partial charge in [-0.1, -0.05) is 0 Å². The summed E-state index contributed by atoms with van der Waals surface area (Å²) in [6, 6.07) is 3.27. The van der Waals surface area contributed by atoms with Gasteiger partial charge < -0.3 is 5.11 Å². The normalized spacial score (nSPS) is 10.2. The summed E-state index contributed by atoms with van der Waals surface area (Å²) in [5.41, 5.74) is 1.67. The lowest BCUT2D eigenvalue weighted by atomic mass is 10.2. The second-order valence-corrected chi connectivity index (χ2v) is 4.71. The number of hydrogen-bond donors (Lipinski definition) is 2. The summed E-state index contributed by atoms with van der Waals surface area (Å²) in [5.74, 6) is -1.24. The number of aromatic nitrogens is 2. The Hall–Kier alpha value is -2.28. The van der Waals surface area contributed by atoms with Crippen molar-refractivity contribution in [1.29, 1.82) is 0 Å². The van der Waals surface area contributed by atoms with E-state index in [9.17, 15) is 9.59 Å². The summed E-state index contributed by atoms with van der Waals surface area (Å²) in [6.45, 7) is 1.80. The summed E-state index contributed by atoms with van der Waals surface area (Å²) in [5, 5.41) is 13.3. The van der Waals surface area contributed by atoms with Crippen LogP contribution in [-0.2, 0) is 11.2 Å². The van der Waals surface area contributed by atoms with Crippen LogP contribution in [0.3, 0.4) is 0 Å². The molecule has 2 rings (SSSR count). The summed E-state index contributed by atoms with van der Waals surface area (Å²) in [6.07, 6.45) is 1.41. The van der Waals surface area contributed by atoms with Crippen LogP contribution in [0.4, 0.5) is 5.13 Å². The van der Waals surface area contributed by atoms with Gasteiger partial charge in [0.2, 0.25) is 0 Å². The number of aliphatic carboxylic acids is 1. The van der Waals surface area contributed by atoms with Gasteiger partial charge >= 0.3 is 5.97 Å². The van der Waals surface area contributed by atoms with E-state index >= 15 is 0 Å². The maximum Gasteiger partial charge on any atom is 0.309 e. The number of carboxylic acids is 1. The molecule has 0 aromatic carbocycles. The molecule has 2 aromatic rings. The molecule has 0 atom stereocenters. The molecule has 7 heteroatoms. The molecule has 0 aliphatic heterocycles. The zero-order chi connectivity index (χ0) is 13.8. The van der Waals surface area contributed by atoms with Gasteiger partial charge in [-0.2, -0.15) is 0 Å². The molecule has 2 aromatic heterocycles. The van der Waals surface area contributed by atoms with Gasteiger partial charge in [-0.3, -0.25) is 19.9 Å². The Morgan fingerprint density at radius 1 is 1.47 bits per heavy atom. The van der Waals surface area contributed by atoms with Crippen molar-refractivity contribution in [3.63, 3.8) is 0 Å². The van der Waals surface area contributed by atoms with E-state index in [4.69, 9.17) is 5.11 Å². The number of carbonyl (C=O) groups excluding carboxylic acids is 1. The van der Waals surface area contributed by atoms with Crippen molar-refractivity contribution >= 4 is 28.3 Å². The van der Waals surface area contributed by atoms with Crippen LogP contribution in [0.5, 0.6) is 0 Å². The molecule has 0 unspecified atom stereocenters. The summed E-state index contributed by atoms with van der Waals surface area (Å²) < 4.78 is 0. The molecule has 0 saturated heterocycles. The molecule has 0 spiro atoms. The maximum atomic E-state index is 11.9. The van der Waals surface area contributed by atoms with Crippen molar-refractivity contribution < 1.29 is 14.7 Å². The Balaban J connectivity index is 2.06. The highest BCUT2D eigenvalue weighted by atomic mass is 32.1. The van der Waals surface area contributed by atoms with Gasteiger partial charge in [0.15, 0.2) is 5.13 Å². The van der Waals surface area contributed by atoms with Crippen LogP contribution in [-0.4, -0.2) is 27.0 Å². The Morgan fingerprint density at radius 2 is 2.26 bits per heavy atom. The van der Waals surface area contributed by atoms with E-state index in [1.54, 1.807) is 30.6 Å². The zero-order valence-corrected chi connectivity index (χ0v) is 10.9. The third-order valence-corrected chi connectivity index (χ3v) is 3.07. The zero-order valence-electron chi connectivity index (χ0n) is 10.1. The van der Waals surface area contributed by atoms with E-state index in [-0.39, 0.29) is 12.3 Å². The van der Waals surface area contributed by atoms with E-state index in [1.807, 2.05) is 0 Å².